The van der Waals surface area contributed by atoms with Crippen molar-refractivity contribution in [2.45, 2.75) is 44.1 Å². The lowest BCUT2D eigenvalue weighted by atomic mass is 9.61. The van der Waals surface area contributed by atoms with Crippen LogP contribution in [0.3, 0.4) is 0 Å². The Kier molecular flexibility index (Phi) is 5.93. The summed E-state index contributed by atoms with van der Waals surface area (Å²) in [6.07, 6.45) is 12.5. The molecule has 3 aliphatic rings. The van der Waals surface area contributed by atoms with E-state index in [-0.39, 0.29) is 0 Å². The van der Waals surface area contributed by atoms with Crippen molar-refractivity contribution in [3.63, 3.8) is 0 Å². The molecule has 1 fully saturated rings. The second-order valence-electron chi connectivity index (χ2n) is 8.69. The highest BCUT2D eigenvalue weighted by Crippen LogP contribution is 2.51. The number of pyridine rings is 1. The van der Waals surface area contributed by atoms with Crippen LogP contribution in [0.2, 0.25) is 0 Å². The van der Waals surface area contributed by atoms with E-state index in [0.29, 0.717) is 11.8 Å². The molecule has 148 valence electrons. The van der Waals surface area contributed by atoms with Gasteiger partial charge in [0.05, 0.1) is 5.60 Å². The molecule has 2 aromatic rings. The molecule has 1 N–H and O–H groups in total. The van der Waals surface area contributed by atoms with Crippen molar-refractivity contribution in [1.29, 1.82) is 0 Å². The Morgan fingerprint density at radius 2 is 1.96 bits per heavy atom. The maximum Gasteiger partial charge on any atom is 0.0728 e. The number of aromatic nitrogens is 1. The van der Waals surface area contributed by atoms with Crippen LogP contribution in [0, 0.1) is 11.8 Å². The topological polar surface area (TPSA) is 36.4 Å². The maximum atomic E-state index is 11.4. The van der Waals surface area contributed by atoms with E-state index in [1.165, 1.54) is 23.1 Å². The molecular formula is C25H32N2O. The molecule has 2 bridgehead atoms. The maximum absolute atomic E-state index is 11.4. The van der Waals surface area contributed by atoms with Crippen LogP contribution in [0.5, 0.6) is 0 Å². The summed E-state index contributed by atoms with van der Waals surface area (Å²) in [4.78, 5) is 6.56. The summed E-state index contributed by atoms with van der Waals surface area (Å²) in [7, 11) is 2.18. The molecule has 1 saturated carbocycles. The quantitative estimate of drug-likeness (QED) is 0.732. The van der Waals surface area contributed by atoms with Crippen LogP contribution >= 0.6 is 0 Å². The normalized spacial score (nSPS) is 26.5. The number of hydrogen-bond donors (Lipinski definition) is 1. The van der Waals surface area contributed by atoms with Crippen LogP contribution in [-0.2, 0) is 6.42 Å². The van der Waals surface area contributed by atoms with E-state index in [2.05, 4.69) is 59.4 Å². The van der Waals surface area contributed by atoms with Gasteiger partial charge in [0.1, 0.15) is 0 Å². The minimum absolute atomic E-state index is 0.302. The van der Waals surface area contributed by atoms with E-state index < -0.39 is 5.60 Å². The standard InChI is InChI=1S/C25H32N2O/c1-27(15-6-8-20-7-5-14-26-19-20)16-13-25(28)18-22-11-12-23(25)17-24(22)21-9-3-2-4-10-21/h2-5,7,9-10,14,17,19,22-23,28H,6,8,11-13,15-16,18H2,1H3/t22-,23+,25-/m1/s1. The van der Waals surface area contributed by atoms with Crippen molar-refractivity contribution in [2.75, 3.05) is 20.1 Å². The molecule has 1 aromatic carbocycles. The number of nitrogens with zero attached hydrogens (tertiary/aromatic N) is 2. The van der Waals surface area contributed by atoms with Gasteiger partial charge >= 0.3 is 0 Å². The highest BCUT2D eigenvalue weighted by atomic mass is 16.3. The van der Waals surface area contributed by atoms with Crippen LogP contribution in [0.1, 0.15) is 43.2 Å². The molecule has 0 aliphatic heterocycles. The van der Waals surface area contributed by atoms with Crippen molar-refractivity contribution < 1.29 is 5.11 Å². The SMILES string of the molecule is CN(CCCc1cccnc1)CC[C@@]1(O)C[C@H]2CC[C@H]1C=C2c1ccccc1. The largest absolute Gasteiger partial charge is 0.389 e. The lowest BCUT2D eigenvalue weighted by Crippen LogP contribution is -2.48. The molecule has 3 nitrogen and oxygen atoms in total. The molecule has 0 radical (unpaired) electrons. The van der Waals surface area contributed by atoms with Gasteiger partial charge < -0.3 is 10.0 Å². The third-order valence-electron chi connectivity index (χ3n) is 6.70. The first-order chi connectivity index (χ1) is 13.6. The molecule has 0 saturated heterocycles. The third kappa shape index (κ3) is 4.37. The van der Waals surface area contributed by atoms with Gasteiger partial charge in [-0.15, -0.1) is 0 Å². The van der Waals surface area contributed by atoms with Crippen LogP contribution in [0.4, 0.5) is 0 Å². The molecule has 3 atom stereocenters. The van der Waals surface area contributed by atoms with Crippen LogP contribution in [0.15, 0.2) is 60.9 Å². The number of benzene rings is 1. The van der Waals surface area contributed by atoms with Crippen LogP contribution < -0.4 is 0 Å². The first-order valence-corrected chi connectivity index (χ1v) is 10.7. The summed E-state index contributed by atoms with van der Waals surface area (Å²) >= 11 is 0. The smallest absolute Gasteiger partial charge is 0.0728 e. The van der Waals surface area contributed by atoms with Gasteiger partial charge in [0.2, 0.25) is 0 Å². The van der Waals surface area contributed by atoms with Crippen molar-refractivity contribution in [1.82, 2.24) is 9.88 Å². The number of fused-ring (bicyclic) bond motifs is 2. The van der Waals surface area contributed by atoms with Gasteiger partial charge in [0.15, 0.2) is 0 Å². The summed E-state index contributed by atoms with van der Waals surface area (Å²) < 4.78 is 0. The molecule has 0 spiro atoms. The third-order valence-corrected chi connectivity index (χ3v) is 6.70. The predicted octanol–water partition coefficient (Wildman–Crippen LogP) is 4.58. The van der Waals surface area contributed by atoms with E-state index in [1.807, 2.05) is 18.5 Å². The van der Waals surface area contributed by atoms with E-state index >= 15 is 0 Å². The fraction of sp³-hybridized carbons (Fsp3) is 0.480. The highest BCUT2D eigenvalue weighted by Gasteiger charge is 2.46. The number of aliphatic hydroxyl groups is 1. The molecular weight excluding hydrogens is 344 g/mol. The summed E-state index contributed by atoms with van der Waals surface area (Å²) in [5.41, 5.74) is 3.58. The number of hydrogen-bond acceptors (Lipinski definition) is 3. The Morgan fingerprint density at radius 3 is 2.68 bits per heavy atom. The summed E-state index contributed by atoms with van der Waals surface area (Å²) in [5, 5.41) is 11.4. The minimum Gasteiger partial charge on any atom is -0.389 e. The van der Waals surface area contributed by atoms with Gasteiger partial charge in [0, 0.05) is 24.9 Å². The monoisotopic (exact) mass is 376 g/mol. The second kappa shape index (κ2) is 8.59. The first kappa shape index (κ1) is 19.4. The summed E-state index contributed by atoms with van der Waals surface area (Å²) in [6, 6.07) is 14.9. The lowest BCUT2D eigenvalue weighted by Gasteiger charge is -2.48. The van der Waals surface area contributed by atoms with E-state index in [1.54, 1.807) is 0 Å². The van der Waals surface area contributed by atoms with Gasteiger partial charge in [-0.05, 0) is 80.8 Å². The lowest BCUT2D eigenvalue weighted by molar-refractivity contribution is -0.0574. The Balaban J connectivity index is 1.30. The Bertz CT molecular complexity index is 789. The van der Waals surface area contributed by atoms with Crippen molar-refractivity contribution in [2.24, 2.45) is 11.8 Å². The van der Waals surface area contributed by atoms with E-state index in [4.69, 9.17) is 0 Å². The molecule has 5 rings (SSSR count). The minimum atomic E-state index is -0.529. The molecule has 3 aliphatic carbocycles. The Hall–Kier alpha value is -1.97. The van der Waals surface area contributed by atoms with Crippen molar-refractivity contribution in [3.05, 3.63) is 72.1 Å². The van der Waals surface area contributed by atoms with Crippen molar-refractivity contribution in [3.8, 4) is 0 Å². The zero-order valence-corrected chi connectivity index (χ0v) is 16.9. The fourth-order valence-corrected chi connectivity index (χ4v) is 5.03. The van der Waals surface area contributed by atoms with Crippen molar-refractivity contribution >= 4 is 5.57 Å². The number of aryl methyl sites for hydroxylation is 1. The Labute approximate surface area is 169 Å². The molecule has 1 aromatic heterocycles. The summed E-state index contributed by atoms with van der Waals surface area (Å²) in [5.74, 6) is 0.810. The zero-order chi connectivity index (χ0) is 19.4. The van der Waals surface area contributed by atoms with Crippen LogP contribution in [-0.4, -0.2) is 40.7 Å². The van der Waals surface area contributed by atoms with Crippen LogP contribution in [0.25, 0.3) is 5.57 Å². The number of allylic oxidation sites excluding steroid dienone is 1. The first-order valence-electron chi connectivity index (χ1n) is 10.7. The van der Waals surface area contributed by atoms with Gasteiger partial charge in [-0.1, -0.05) is 42.5 Å². The van der Waals surface area contributed by atoms with Gasteiger partial charge in [-0.3, -0.25) is 4.98 Å². The van der Waals surface area contributed by atoms with Gasteiger partial charge in [-0.25, -0.2) is 0 Å². The molecule has 0 amide bonds. The predicted molar refractivity (Wildman–Crippen MR) is 115 cm³/mol. The van der Waals surface area contributed by atoms with E-state index in [0.717, 1.165) is 45.2 Å². The zero-order valence-electron chi connectivity index (χ0n) is 16.9. The molecule has 3 heteroatoms. The second-order valence-corrected chi connectivity index (χ2v) is 8.69. The fourth-order valence-electron chi connectivity index (χ4n) is 5.03. The highest BCUT2D eigenvalue weighted by molar-refractivity contribution is 5.69. The Morgan fingerprint density at radius 1 is 1.11 bits per heavy atom. The molecule has 0 unspecified atom stereocenters. The summed E-state index contributed by atoms with van der Waals surface area (Å²) in [6.45, 7) is 2.02. The van der Waals surface area contributed by atoms with Gasteiger partial charge in [-0.2, -0.15) is 0 Å². The van der Waals surface area contributed by atoms with E-state index in [9.17, 15) is 5.11 Å². The number of rotatable bonds is 8. The molecule has 28 heavy (non-hydrogen) atoms. The average molecular weight is 377 g/mol. The van der Waals surface area contributed by atoms with Gasteiger partial charge in [0.25, 0.3) is 0 Å². The molecule has 1 heterocycles. The average Bonchev–Trinajstić information content (AvgIpc) is 2.74.